The summed E-state index contributed by atoms with van der Waals surface area (Å²) in [7, 11) is 4.29. The highest BCUT2D eigenvalue weighted by Gasteiger charge is 2.20. The van der Waals surface area contributed by atoms with Crippen LogP contribution in [0.25, 0.3) is 0 Å². The maximum Gasteiger partial charge on any atom is 0.170 e. The summed E-state index contributed by atoms with van der Waals surface area (Å²) in [6.45, 7) is 2.15. The standard InChI is InChI=1S/C14H22N4O/c1-17(2)12-7-9-18(10-8-12)13-5-3-11(4-6-13)14(15)16-19/h3-6,12,19H,7-10H2,1-2H3,(H2,15,16). The molecular weight excluding hydrogens is 240 g/mol. The summed E-state index contributed by atoms with van der Waals surface area (Å²) < 4.78 is 0. The molecule has 0 atom stereocenters. The van der Waals surface area contributed by atoms with E-state index in [9.17, 15) is 0 Å². The Balaban J connectivity index is 2.00. The fraction of sp³-hybridized carbons (Fsp3) is 0.500. The van der Waals surface area contributed by atoms with Crippen LogP contribution in [-0.2, 0) is 0 Å². The molecule has 1 aliphatic rings. The van der Waals surface area contributed by atoms with E-state index in [-0.39, 0.29) is 5.84 Å². The summed E-state index contributed by atoms with van der Waals surface area (Å²) in [6, 6.07) is 8.53. The fourth-order valence-electron chi connectivity index (χ4n) is 2.54. The van der Waals surface area contributed by atoms with Crippen molar-refractivity contribution in [1.82, 2.24) is 4.90 Å². The van der Waals surface area contributed by atoms with E-state index in [4.69, 9.17) is 10.9 Å². The van der Waals surface area contributed by atoms with Gasteiger partial charge in [0.15, 0.2) is 5.84 Å². The van der Waals surface area contributed by atoms with Gasteiger partial charge in [-0.15, -0.1) is 0 Å². The Hall–Kier alpha value is -1.75. The number of hydrogen-bond donors (Lipinski definition) is 2. The summed E-state index contributed by atoms with van der Waals surface area (Å²) in [5.74, 6) is 0.151. The summed E-state index contributed by atoms with van der Waals surface area (Å²) in [5, 5.41) is 11.6. The minimum atomic E-state index is 0.151. The quantitative estimate of drug-likeness (QED) is 0.373. The molecule has 0 aliphatic carbocycles. The predicted octanol–water partition coefficient (Wildman–Crippen LogP) is 1.31. The highest BCUT2D eigenvalue weighted by atomic mass is 16.4. The van der Waals surface area contributed by atoms with Crippen LogP contribution in [0, 0.1) is 0 Å². The number of hydrogen-bond acceptors (Lipinski definition) is 4. The van der Waals surface area contributed by atoms with Crippen molar-refractivity contribution in [3.63, 3.8) is 0 Å². The first kappa shape index (κ1) is 13.7. The van der Waals surface area contributed by atoms with Crippen molar-refractivity contribution in [2.24, 2.45) is 10.9 Å². The molecule has 3 N–H and O–H groups in total. The number of nitrogens with two attached hydrogens (primary N) is 1. The minimum Gasteiger partial charge on any atom is -0.409 e. The van der Waals surface area contributed by atoms with Crippen molar-refractivity contribution in [1.29, 1.82) is 0 Å². The highest BCUT2D eigenvalue weighted by molar-refractivity contribution is 5.97. The molecule has 2 rings (SSSR count). The van der Waals surface area contributed by atoms with Crippen molar-refractivity contribution < 1.29 is 5.21 Å². The Morgan fingerprint density at radius 3 is 2.32 bits per heavy atom. The Labute approximate surface area is 114 Å². The molecule has 1 heterocycles. The lowest BCUT2D eigenvalue weighted by Gasteiger charge is -2.36. The van der Waals surface area contributed by atoms with Crippen molar-refractivity contribution in [2.75, 3.05) is 32.1 Å². The van der Waals surface area contributed by atoms with Gasteiger partial charge in [-0.25, -0.2) is 0 Å². The lowest BCUT2D eigenvalue weighted by Crippen LogP contribution is -2.41. The molecule has 0 amide bonds. The molecule has 5 heteroatoms. The number of oxime groups is 1. The molecule has 1 aromatic carbocycles. The van der Waals surface area contributed by atoms with E-state index in [2.05, 4.69) is 29.1 Å². The van der Waals surface area contributed by atoms with E-state index < -0.39 is 0 Å². The van der Waals surface area contributed by atoms with E-state index in [0.29, 0.717) is 6.04 Å². The maximum absolute atomic E-state index is 8.64. The zero-order valence-corrected chi connectivity index (χ0v) is 11.6. The van der Waals surface area contributed by atoms with E-state index in [1.54, 1.807) is 0 Å². The van der Waals surface area contributed by atoms with Gasteiger partial charge in [-0.1, -0.05) is 5.16 Å². The average molecular weight is 262 g/mol. The van der Waals surface area contributed by atoms with E-state index in [0.717, 1.165) is 18.7 Å². The van der Waals surface area contributed by atoms with Crippen LogP contribution < -0.4 is 10.6 Å². The monoisotopic (exact) mass is 262 g/mol. The lowest BCUT2D eigenvalue weighted by atomic mass is 10.0. The fourth-order valence-corrected chi connectivity index (χ4v) is 2.54. The van der Waals surface area contributed by atoms with Crippen LogP contribution in [0.3, 0.4) is 0 Å². The van der Waals surface area contributed by atoms with E-state index >= 15 is 0 Å². The Morgan fingerprint density at radius 1 is 1.26 bits per heavy atom. The lowest BCUT2D eigenvalue weighted by molar-refractivity contribution is 0.249. The molecule has 104 valence electrons. The zero-order chi connectivity index (χ0) is 13.8. The molecule has 1 fully saturated rings. The Bertz CT molecular complexity index is 433. The van der Waals surface area contributed by atoms with Crippen molar-refractivity contribution in [3.05, 3.63) is 29.8 Å². The molecule has 0 radical (unpaired) electrons. The first-order valence-electron chi connectivity index (χ1n) is 6.61. The summed E-state index contributed by atoms with van der Waals surface area (Å²) >= 11 is 0. The number of amidine groups is 1. The van der Waals surface area contributed by atoms with Gasteiger partial charge in [0, 0.05) is 30.4 Å². The molecule has 0 saturated carbocycles. The third kappa shape index (κ3) is 3.17. The summed E-state index contributed by atoms with van der Waals surface area (Å²) in [6.07, 6.45) is 2.38. The highest BCUT2D eigenvalue weighted by Crippen LogP contribution is 2.22. The van der Waals surface area contributed by atoms with Gasteiger partial charge < -0.3 is 20.7 Å². The minimum absolute atomic E-state index is 0.151. The van der Waals surface area contributed by atoms with Gasteiger partial charge in [-0.3, -0.25) is 0 Å². The molecule has 1 aliphatic heterocycles. The van der Waals surface area contributed by atoms with Gasteiger partial charge in [-0.05, 0) is 51.2 Å². The molecule has 5 nitrogen and oxygen atoms in total. The first-order valence-corrected chi connectivity index (χ1v) is 6.61. The smallest absolute Gasteiger partial charge is 0.170 e. The van der Waals surface area contributed by atoms with Crippen LogP contribution in [0.2, 0.25) is 0 Å². The molecule has 0 unspecified atom stereocenters. The van der Waals surface area contributed by atoms with E-state index in [1.165, 1.54) is 18.5 Å². The second-order valence-electron chi connectivity index (χ2n) is 5.21. The van der Waals surface area contributed by atoms with Gasteiger partial charge >= 0.3 is 0 Å². The van der Waals surface area contributed by atoms with E-state index in [1.807, 2.05) is 24.3 Å². The predicted molar refractivity (Wildman–Crippen MR) is 77.9 cm³/mol. The van der Waals surface area contributed by atoms with Gasteiger partial charge in [0.05, 0.1) is 0 Å². The van der Waals surface area contributed by atoms with Crippen molar-refractivity contribution in [3.8, 4) is 0 Å². The molecule has 1 aromatic rings. The SMILES string of the molecule is CN(C)C1CCN(c2ccc(/C(N)=N/O)cc2)CC1. The molecule has 0 aromatic heterocycles. The number of nitrogens with zero attached hydrogens (tertiary/aromatic N) is 3. The van der Waals surface area contributed by atoms with Gasteiger partial charge in [0.2, 0.25) is 0 Å². The number of anilines is 1. The van der Waals surface area contributed by atoms with Crippen LogP contribution in [-0.4, -0.2) is 49.2 Å². The topological polar surface area (TPSA) is 65.1 Å². The summed E-state index contributed by atoms with van der Waals surface area (Å²) in [5.41, 5.74) is 7.50. The molecule has 1 saturated heterocycles. The van der Waals surface area contributed by atoms with Crippen LogP contribution in [0.4, 0.5) is 5.69 Å². The van der Waals surface area contributed by atoms with Crippen LogP contribution >= 0.6 is 0 Å². The third-order valence-corrected chi connectivity index (χ3v) is 3.83. The number of piperidine rings is 1. The van der Waals surface area contributed by atoms with Gasteiger partial charge in [0.1, 0.15) is 0 Å². The second-order valence-corrected chi connectivity index (χ2v) is 5.21. The Morgan fingerprint density at radius 2 is 1.84 bits per heavy atom. The summed E-state index contributed by atoms with van der Waals surface area (Å²) in [4.78, 5) is 4.69. The molecule has 0 bridgehead atoms. The molecule has 0 spiro atoms. The number of benzene rings is 1. The van der Waals surface area contributed by atoms with Crippen molar-refractivity contribution in [2.45, 2.75) is 18.9 Å². The zero-order valence-electron chi connectivity index (χ0n) is 11.6. The molecular formula is C14H22N4O. The first-order chi connectivity index (χ1) is 9.11. The third-order valence-electron chi connectivity index (χ3n) is 3.83. The Kier molecular flexibility index (Phi) is 4.27. The normalized spacial score (nSPS) is 18.1. The maximum atomic E-state index is 8.64. The van der Waals surface area contributed by atoms with Crippen molar-refractivity contribution >= 4 is 11.5 Å². The molecule has 19 heavy (non-hydrogen) atoms. The van der Waals surface area contributed by atoms with Gasteiger partial charge in [-0.2, -0.15) is 0 Å². The largest absolute Gasteiger partial charge is 0.409 e. The number of rotatable bonds is 3. The van der Waals surface area contributed by atoms with Gasteiger partial charge in [0.25, 0.3) is 0 Å². The van der Waals surface area contributed by atoms with Crippen LogP contribution in [0.15, 0.2) is 29.4 Å². The second kappa shape index (κ2) is 5.93. The average Bonchev–Trinajstić information content (AvgIpc) is 2.46. The van der Waals surface area contributed by atoms with Crippen LogP contribution in [0.1, 0.15) is 18.4 Å². The van der Waals surface area contributed by atoms with Crippen LogP contribution in [0.5, 0.6) is 0 Å².